The number of rotatable bonds is 8. The lowest BCUT2D eigenvalue weighted by Gasteiger charge is -2.15. The highest BCUT2D eigenvalue weighted by molar-refractivity contribution is 5.95. The Balaban J connectivity index is 1.66. The minimum absolute atomic E-state index is 0.000440. The van der Waals surface area contributed by atoms with Gasteiger partial charge < -0.3 is 25.4 Å². The Hall–Kier alpha value is -4.00. The Bertz CT molecular complexity index is 1020. The average Bonchev–Trinajstić information content (AvgIpc) is 2.74. The van der Waals surface area contributed by atoms with E-state index in [4.69, 9.17) is 9.47 Å². The van der Waals surface area contributed by atoms with Crippen molar-refractivity contribution in [1.82, 2.24) is 0 Å². The van der Waals surface area contributed by atoms with Crippen LogP contribution in [0.5, 0.6) is 17.2 Å². The van der Waals surface area contributed by atoms with Gasteiger partial charge in [-0.25, -0.2) is 0 Å². The highest BCUT2D eigenvalue weighted by Crippen LogP contribution is 2.30. The first-order chi connectivity index (χ1) is 14.5. The SMILES string of the molecule is COc1ccc(NC(C)=O)cc1NCC(=O)Nc1ccccc1Oc1ccccc1. The summed E-state index contributed by atoms with van der Waals surface area (Å²) in [6.45, 7) is 1.43. The maximum atomic E-state index is 12.5. The summed E-state index contributed by atoms with van der Waals surface area (Å²) in [6, 6.07) is 21.7. The summed E-state index contributed by atoms with van der Waals surface area (Å²) in [4.78, 5) is 23.8. The van der Waals surface area contributed by atoms with Gasteiger partial charge in [0.15, 0.2) is 5.75 Å². The van der Waals surface area contributed by atoms with Crippen LogP contribution in [0, 0.1) is 0 Å². The van der Waals surface area contributed by atoms with Crippen molar-refractivity contribution in [2.45, 2.75) is 6.92 Å². The van der Waals surface area contributed by atoms with Gasteiger partial charge in [-0.3, -0.25) is 9.59 Å². The number of carbonyl (C=O) groups is 2. The highest BCUT2D eigenvalue weighted by atomic mass is 16.5. The molecule has 3 rings (SSSR count). The monoisotopic (exact) mass is 405 g/mol. The van der Waals surface area contributed by atoms with Gasteiger partial charge in [0.25, 0.3) is 0 Å². The molecule has 0 fully saturated rings. The minimum atomic E-state index is -0.258. The van der Waals surface area contributed by atoms with Crippen molar-refractivity contribution in [3.05, 3.63) is 72.8 Å². The number of benzene rings is 3. The molecule has 3 N–H and O–H groups in total. The average molecular weight is 405 g/mol. The summed E-state index contributed by atoms with van der Waals surface area (Å²) in [6.07, 6.45) is 0. The molecule has 7 nitrogen and oxygen atoms in total. The maximum absolute atomic E-state index is 12.5. The van der Waals surface area contributed by atoms with Gasteiger partial charge >= 0.3 is 0 Å². The van der Waals surface area contributed by atoms with Crippen molar-refractivity contribution >= 4 is 28.9 Å². The van der Waals surface area contributed by atoms with Crippen molar-refractivity contribution < 1.29 is 19.1 Å². The van der Waals surface area contributed by atoms with Crippen molar-refractivity contribution in [3.63, 3.8) is 0 Å². The Morgan fingerprint density at radius 1 is 0.833 bits per heavy atom. The van der Waals surface area contributed by atoms with Crippen LogP contribution in [0.1, 0.15) is 6.92 Å². The number of para-hydroxylation sites is 3. The molecule has 30 heavy (non-hydrogen) atoms. The predicted molar refractivity (Wildman–Crippen MR) is 117 cm³/mol. The van der Waals surface area contributed by atoms with Crippen molar-refractivity contribution in [3.8, 4) is 17.2 Å². The van der Waals surface area contributed by atoms with E-state index in [1.165, 1.54) is 14.0 Å². The molecule has 0 spiro atoms. The normalized spacial score (nSPS) is 10.1. The zero-order valence-electron chi connectivity index (χ0n) is 16.8. The third-order valence-corrected chi connectivity index (χ3v) is 4.09. The number of anilines is 3. The lowest BCUT2D eigenvalue weighted by molar-refractivity contribution is -0.115. The van der Waals surface area contributed by atoms with Crippen LogP contribution in [-0.2, 0) is 9.59 Å². The standard InChI is InChI=1S/C23H23N3O4/c1-16(27)25-17-12-13-21(29-2)20(14-17)24-15-23(28)26-19-10-6-7-11-22(19)30-18-8-4-3-5-9-18/h3-14,24H,15H2,1-2H3,(H,25,27)(H,26,28). The Kier molecular flexibility index (Phi) is 6.89. The summed E-state index contributed by atoms with van der Waals surface area (Å²) in [7, 11) is 1.54. The number of hydrogen-bond acceptors (Lipinski definition) is 5. The van der Waals surface area contributed by atoms with E-state index in [9.17, 15) is 9.59 Å². The summed E-state index contributed by atoms with van der Waals surface area (Å²) >= 11 is 0. The van der Waals surface area contributed by atoms with Gasteiger partial charge in [-0.2, -0.15) is 0 Å². The fourth-order valence-electron chi connectivity index (χ4n) is 2.77. The molecule has 0 saturated carbocycles. The van der Waals surface area contributed by atoms with E-state index in [0.29, 0.717) is 34.3 Å². The lowest BCUT2D eigenvalue weighted by Crippen LogP contribution is -2.22. The number of hydrogen-bond donors (Lipinski definition) is 3. The van der Waals surface area contributed by atoms with Crippen molar-refractivity contribution in [1.29, 1.82) is 0 Å². The van der Waals surface area contributed by atoms with Crippen LogP contribution < -0.4 is 25.4 Å². The molecule has 3 aromatic carbocycles. The van der Waals surface area contributed by atoms with E-state index in [2.05, 4.69) is 16.0 Å². The Morgan fingerprint density at radius 2 is 1.57 bits per heavy atom. The summed E-state index contributed by atoms with van der Waals surface area (Å²) in [5.41, 5.74) is 1.76. The fraction of sp³-hybridized carbons (Fsp3) is 0.130. The fourth-order valence-corrected chi connectivity index (χ4v) is 2.77. The van der Waals surface area contributed by atoms with E-state index >= 15 is 0 Å². The van der Waals surface area contributed by atoms with E-state index in [-0.39, 0.29) is 18.4 Å². The van der Waals surface area contributed by atoms with Crippen LogP contribution in [-0.4, -0.2) is 25.5 Å². The first-order valence-corrected chi connectivity index (χ1v) is 9.36. The van der Waals surface area contributed by atoms with Crippen LogP contribution in [0.25, 0.3) is 0 Å². The molecule has 0 aliphatic heterocycles. The predicted octanol–water partition coefficient (Wildman–Crippen LogP) is 4.50. The topological polar surface area (TPSA) is 88.7 Å². The second kappa shape index (κ2) is 9.97. The van der Waals surface area contributed by atoms with E-state index in [1.54, 1.807) is 30.3 Å². The molecule has 0 unspecified atom stereocenters. The number of nitrogens with one attached hydrogen (secondary N) is 3. The zero-order valence-corrected chi connectivity index (χ0v) is 16.8. The first-order valence-electron chi connectivity index (χ1n) is 9.36. The van der Waals surface area contributed by atoms with Crippen LogP contribution in [0.2, 0.25) is 0 Å². The van der Waals surface area contributed by atoms with Crippen LogP contribution >= 0.6 is 0 Å². The molecule has 7 heteroatoms. The summed E-state index contributed by atoms with van der Waals surface area (Å²) in [5.74, 6) is 1.34. The van der Waals surface area contributed by atoms with E-state index < -0.39 is 0 Å². The molecule has 0 aromatic heterocycles. The molecular formula is C23H23N3O4. The smallest absolute Gasteiger partial charge is 0.243 e. The van der Waals surface area contributed by atoms with Gasteiger partial charge in [0.05, 0.1) is 25.0 Å². The van der Waals surface area contributed by atoms with Gasteiger partial charge in [0.2, 0.25) is 11.8 Å². The molecule has 0 aliphatic rings. The van der Waals surface area contributed by atoms with E-state index in [1.807, 2.05) is 42.5 Å². The van der Waals surface area contributed by atoms with Gasteiger partial charge in [-0.1, -0.05) is 30.3 Å². The Labute approximate surface area is 175 Å². The van der Waals surface area contributed by atoms with Crippen molar-refractivity contribution in [2.75, 3.05) is 29.6 Å². The molecule has 0 aliphatic carbocycles. The first kappa shape index (κ1) is 20.7. The summed E-state index contributed by atoms with van der Waals surface area (Å²) in [5, 5.41) is 8.59. The van der Waals surface area contributed by atoms with Crippen LogP contribution in [0.15, 0.2) is 72.8 Å². The second-order valence-corrected chi connectivity index (χ2v) is 6.41. The third kappa shape index (κ3) is 5.75. The number of carbonyl (C=O) groups excluding carboxylic acids is 2. The molecule has 2 amide bonds. The molecular weight excluding hydrogens is 382 g/mol. The van der Waals surface area contributed by atoms with Gasteiger partial charge in [-0.05, 0) is 42.5 Å². The van der Waals surface area contributed by atoms with Crippen LogP contribution in [0.4, 0.5) is 17.1 Å². The molecule has 0 radical (unpaired) electrons. The molecule has 0 saturated heterocycles. The summed E-state index contributed by atoms with van der Waals surface area (Å²) < 4.78 is 11.2. The molecule has 154 valence electrons. The Morgan fingerprint density at radius 3 is 2.30 bits per heavy atom. The highest BCUT2D eigenvalue weighted by Gasteiger charge is 2.11. The molecule has 0 atom stereocenters. The van der Waals surface area contributed by atoms with Crippen molar-refractivity contribution in [2.24, 2.45) is 0 Å². The second-order valence-electron chi connectivity index (χ2n) is 6.41. The van der Waals surface area contributed by atoms with Crippen LogP contribution in [0.3, 0.4) is 0 Å². The zero-order chi connectivity index (χ0) is 21.3. The number of ether oxygens (including phenoxy) is 2. The lowest BCUT2D eigenvalue weighted by atomic mass is 10.2. The number of methoxy groups -OCH3 is 1. The van der Waals surface area contributed by atoms with E-state index in [0.717, 1.165) is 0 Å². The largest absolute Gasteiger partial charge is 0.495 e. The van der Waals surface area contributed by atoms with Gasteiger partial charge in [-0.15, -0.1) is 0 Å². The van der Waals surface area contributed by atoms with Gasteiger partial charge in [0.1, 0.15) is 11.5 Å². The quantitative estimate of drug-likeness (QED) is 0.514. The minimum Gasteiger partial charge on any atom is -0.495 e. The molecule has 3 aromatic rings. The molecule has 0 heterocycles. The number of amides is 2. The third-order valence-electron chi connectivity index (χ3n) is 4.09. The van der Waals surface area contributed by atoms with Gasteiger partial charge in [0, 0.05) is 12.6 Å². The maximum Gasteiger partial charge on any atom is 0.243 e. The molecule has 0 bridgehead atoms.